The van der Waals surface area contributed by atoms with Gasteiger partial charge in [0.05, 0.1) is 13.3 Å². The summed E-state index contributed by atoms with van der Waals surface area (Å²) in [6.45, 7) is 0. The highest BCUT2D eigenvalue weighted by Crippen LogP contribution is 2.39. The quantitative estimate of drug-likeness (QED) is 0.782. The number of methoxy groups -OCH3 is 1. The number of benzene rings is 1. The minimum absolute atomic E-state index is 0.206. The normalized spacial score (nSPS) is 27.5. The molecule has 0 aliphatic carbocycles. The number of ether oxygens (including phenoxy) is 1. The predicted octanol–water partition coefficient (Wildman–Crippen LogP) is 1.89. The summed E-state index contributed by atoms with van der Waals surface area (Å²) >= 11 is 0. The van der Waals surface area contributed by atoms with Gasteiger partial charge in [0, 0.05) is 11.7 Å². The minimum Gasteiger partial charge on any atom is -0.497 e. The van der Waals surface area contributed by atoms with Crippen molar-refractivity contribution in [3.05, 3.63) is 23.8 Å². The fraction of sp³-hybridized carbons (Fsp3) is 0.538. The molecule has 3 rings (SSSR count). The molecule has 2 unspecified atom stereocenters. The molecule has 0 spiro atoms. The maximum Gasteiger partial charge on any atom is 0.119 e. The Bertz CT molecular complexity index is 405. The van der Waals surface area contributed by atoms with Gasteiger partial charge in [0.25, 0.3) is 0 Å². The highest BCUT2D eigenvalue weighted by Gasteiger charge is 2.35. The Morgan fingerprint density at radius 1 is 1.31 bits per heavy atom. The highest BCUT2D eigenvalue weighted by molar-refractivity contribution is 5.60. The van der Waals surface area contributed by atoms with Crippen LogP contribution in [0.25, 0.3) is 0 Å². The van der Waals surface area contributed by atoms with Gasteiger partial charge in [-0.2, -0.15) is 0 Å². The molecule has 1 saturated heterocycles. The molecule has 0 radical (unpaired) electrons. The van der Waals surface area contributed by atoms with E-state index in [4.69, 9.17) is 10.5 Å². The zero-order valence-corrected chi connectivity index (χ0v) is 9.65. The molecule has 0 amide bonds. The van der Waals surface area contributed by atoms with Crippen molar-refractivity contribution >= 4 is 5.69 Å². The summed E-state index contributed by atoms with van der Waals surface area (Å²) in [6, 6.07) is 7.00. The Kier molecular flexibility index (Phi) is 2.28. The molecule has 2 atom stereocenters. The van der Waals surface area contributed by atoms with Gasteiger partial charge < -0.3 is 15.4 Å². The average molecular weight is 218 g/mol. The summed E-state index contributed by atoms with van der Waals surface area (Å²) < 4.78 is 5.27. The molecule has 3 nitrogen and oxygen atoms in total. The third kappa shape index (κ3) is 1.39. The van der Waals surface area contributed by atoms with Crippen LogP contribution in [0.2, 0.25) is 0 Å². The molecule has 2 aliphatic rings. The Balaban J connectivity index is 2.02. The maximum atomic E-state index is 6.17. The fourth-order valence-corrected chi connectivity index (χ4v) is 3.03. The van der Waals surface area contributed by atoms with Crippen molar-refractivity contribution in [1.82, 2.24) is 0 Å². The Hall–Kier alpha value is -1.22. The van der Waals surface area contributed by atoms with E-state index in [-0.39, 0.29) is 6.17 Å². The van der Waals surface area contributed by atoms with E-state index in [1.54, 1.807) is 7.11 Å². The summed E-state index contributed by atoms with van der Waals surface area (Å²) in [7, 11) is 1.72. The van der Waals surface area contributed by atoms with Crippen LogP contribution in [0.15, 0.2) is 18.2 Å². The van der Waals surface area contributed by atoms with Crippen LogP contribution >= 0.6 is 0 Å². The van der Waals surface area contributed by atoms with Gasteiger partial charge in [-0.3, -0.25) is 0 Å². The second-order valence-corrected chi connectivity index (χ2v) is 4.74. The monoisotopic (exact) mass is 218 g/mol. The van der Waals surface area contributed by atoms with Gasteiger partial charge in [-0.25, -0.2) is 0 Å². The van der Waals surface area contributed by atoms with Crippen molar-refractivity contribution in [1.29, 1.82) is 0 Å². The number of anilines is 1. The minimum atomic E-state index is 0.206. The van der Waals surface area contributed by atoms with Crippen molar-refractivity contribution in [2.45, 2.75) is 37.9 Å². The lowest BCUT2D eigenvalue weighted by molar-refractivity contribution is 0.413. The standard InChI is InChI=1S/C13H18N2O/c1-16-11-5-6-12-9(8-11)2-3-10-4-7-13(14)15(10)12/h5-6,8,10,13H,2-4,7,14H2,1H3. The smallest absolute Gasteiger partial charge is 0.119 e. The van der Waals surface area contributed by atoms with Crippen LogP contribution in [0.5, 0.6) is 5.75 Å². The zero-order valence-electron chi connectivity index (χ0n) is 9.65. The first-order valence-electron chi connectivity index (χ1n) is 6.00. The van der Waals surface area contributed by atoms with Gasteiger partial charge >= 0.3 is 0 Å². The first-order valence-corrected chi connectivity index (χ1v) is 6.00. The molecular weight excluding hydrogens is 200 g/mol. The number of rotatable bonds is 1. The molecule has 0 aromatic heterocycles. The van der Waals surface area contributed by atoms with Crippen LogP contribution < -0.4 is 15.4 Å². The average Bonchev–Trinajstić information content (AvgIpc) is 2.70. The Morgan fingerprint density at radius 3 is 3.00 bits per heavy atom. The molecular formula is C13H18N2O. The lowest BCUT2D eigenvalue weighted by Crippen LogP contribution is -2.44. The summed E-state index contributed by atoms with van der Waals surface area (Å²) in [4.78, 5) is 2.40. The molecule has 2 aliphatic heterocycles. The SMILES string of the molecule is COc1ccc2c(c1)CCC1CCC(N)N21. The molecule has 1 aromatic carbocycles. The van der Waals surface area contributed by atoms with Crippen molar-refractivity contribution in [3.63, 3.8) is 0 Å². The topological polar surface area (TPSA) is 38.5 Å². The first kappa shape index (κ1) is 9.97. The van der Waals surface area contributed by atoms with E-state index in [1.807, 2.05) is 6.07 Å². The molecule has 1 aromatic rings. The van der Waals surface area contributed by atoms with Crippen LogP contribution in [-0.4, -0.2) is 19.3 Å². The number of fused-ring (bicyclic) bond motifs is 3. The van der Waals surface area contributed by atoms with Crippen molar-refractivity contribution < 1.29 is 4.74 Å². The molecule has 16 heavy (non-hydrogen) atoms. The van der Waals surface area contributed by atoms with Gasteiger partial charge in [-0.05, 0) is 49.4 Å². The third-order valence-electron chi connectivity index (χ3n) is 3.86. The first-order chi connectivity index (χ1) is 7.79. The van der Waals surface area contributed by atoms with Gasteiger partial charge in [-0.1, -0.05) is 0 Å². The highest BCUT2D eigenvalue weighted by atomic mass is 16.5. The number of hydrogen-bond acceptors (Lipinski definition) is 3. The molecule has 0 bridgehead atoms. The second kappa shape index (κ2) is 3.67. The van der Waals surface area contributed by atoms with Crippen LogP contribution in [0.4, 0.5) is 5.69 Å². The Morgan fingerprint density at radius 2 is 2.19 bits per heavy atom. The number of aryl methyl sites for hydroxylation is 1. The van der Waals surface area contributed by atoms with Gasteiger partial charge in [0.2, 0.25) is 0 Å². The zero-order chi connectivity index (χ0) is 11.1. The summed E-state index contributed by atoms with van der Waals surface area (Å²) in [5.74, 6) is 0.949. The van der Waals surface area contributed by atoms with Crippen molar-refractivity contribution in [2.75, 3.05) is 12.0 Å². The third-order valence-corrected chi connectivity index (χ3v) is 3.86. The van der Waals surface area contributed by atoms with E-state index in [9.17, 15) is 0 Å². The largest absolute Gasteiger partial charge is 0.497 e. The van der Waals surface area contributed by atoms with Crippen LogP contribution in [0, 0.1) is 0 Å². The molecule has 2 heterocycles. The Labute approximate surface area is 96.2 Å². The van der Waals surface area contributed by atoms with Gasteiger partial charge in [0.1, 0.15) is 5.75 Å². The number of nitrogens with zero attached hydrogens (tertiary/aromatic N) is 1. The molecule has 2 N–H and O–H groups in total. The number of nitrogens with two attached hydrogens (primary N) is 1. The number of hydrogen-bond donors (Lipinski definition) is 1. The van der Waals surface area contributed by atoms with Crippen molar-refractivity contribution in [3.8, 4) is 5.75 Å². The molecule has 0 saturated carbocycles. The molecule has 3 heteroatoms. The van der Waals surface area contributed by atoms with Crippen LogP contribution in [0.1, 0.15) is 24.8 Å². The van der Waals surface area contributed by atoms with Gasteiger partial charge in [-0.15, -0.1) is 0 Å². The summed E-state index contributed by atoms with van der Waals surface area (Å²) in [6.07, 6.45) is 4.95. The summed E-state index contributed by atoms with van der Waals surface area (Å²) in [5.41, 5.74) is 8.87. The lowest BCUT2D eigenvalue weighted by Gasteiger charge is -2.36. The lowest BCUT2D eigenvalue weighted by atomic mass is 9.96. The van der Waals surface area contributed by atoms with Crippen LogP contribution in [0.3, 0.4) is 0 Å². The molecule has 86 valence electrons. The van der Waals surface area contributed by atoms with E-state index in [0.29, 0.717) is 6.04 Å². The fourth-order valence-electron chi connectivity index (χ4n) is 3.03. The van der Waals surface area contributed by atoms with E-state index in [0.717, 1.165) is 18.6 Å². The maximum absolute atomic E-state index is 6.17. The van der Waals surface area contributed by atoms with E-state index in [2.05, 4.69) is 17.0 Å². The molecule has 1 fully saturated rings. The predicted molar refractivity (Wildman–Crippen MR) is 64.8 cm³/mol. The second-order valence-electron chi connectivity index (χ2n) is 4.74. The van der Waals surface area contributed by atoms with Gasteiger partial charge in [0.15, 0.2) is 0 Å². The van der Waals surface area contributed by atoms with Crippen molar-refractivity contribution in [2.24, 2.45) is 5.73 Å². The van der Waals surface area contributed by atoms with E-state index >= 15 is 0 Å². The van der Waals surface area contributed by atoms with Crippen LogP contribution in [-0.2, 0) is 6.42 Å². The van der Waals surface area contributed by atoms with E-state index < -0.39 is 0 Å². The van der Waals surface area contributed by atoms with E-state index in [1.165, 1.54) is 24.1 Å². The summed E-state index contributed by atoms with van der Waals surface area (Å²) in [5, 5.41) is 0.